The summed E-state index contributed by atoms with van der Waals surface area (Å²) in [5, 5.41) is 10.9. The predicted molar refractivity (Wildman–Crippen MR) is 178 cm³/mol. The van der Waals surface area contributed by atoms with Gasteiger partial charge in [-0.3, -0.25) is 9.69 Å². The van der Waals surface area contributed by atoms with Crippen LogP contribution < -0.4 is 19.1 Å². The molecular formula is C34H43ClF3N3O7S. The van der Waals surface area contributed by atoms with Crippen molar-refractivity contribution in [3.63, 3.8) is 0 Å². The molecule has 1 aliphatic heterocycles. The number of benzene rings is 1. The van der Waals surface area contributed by atoms with Gasteiger partial charge >= 0.3 is 12.3 Å². The number of Topliss-reactive ketones (excluding diaryl/α,β-unsaturated/α-hetero) is 1. The molecule has 3 atom stereocenters. The standard InChI is InChI=1S/C34H43ClF3N3O7S/c1-30(2,3)48-29(43)41-18-32(7,40-49(45)31(4,5)6)22-17-26(39-28(35)27(22)41)33(44,34(36,37)38)15-14-23(42)19-8-13-24(46-20-9-10-20)25(16-19)47-21-11-12-21/h8,13,16-17,20-21,40,44H,9-12,14-15,18H2,1-7H3/t32-,33-,49?/m1/s1. The number of hydrogen-bond donors (Lipinski definition) is 2. The van der Waals surface area contributed by atoms with Gasteiger partial charge in [-0.25, -0.2) is 18.7 Å². The minimum atomic E-state index is -5.29. The number of pyridine rings is 1. The molecule has 5 rings (SSSR count). The molecule has 2 saturated carbocycles. The average molecular weight is 730 g/mol. The van der Waals surface area contributed by atoms with Crippen molar-refractivity contribution in [1.29, 1.82) is 0 Å². The number of anilines is 1. The molecule has 0 spiro atoms. The van der Waals surface area contributed by atoms with Crippen LogP contribution in [0.2, 0.25) is 5.15 Å². The Kier molecular flexibility index (Phi) is 9.89. The number of amides is 1. The Morgan fingerprint density at radius 2 is 1.63 bits per heavy atom. The lowest BCUT2D eigenvalue weighted by atomic mass is 9.87. The smallest absolute Gasteiger partial charge is 0.422 e. The van der Waals surface area contributed by atoms with Crippen LogP contribution in [0.3, 0.4) is 0 Å². The fourth-order valence-corrected chi connectivity index (χ4v) is 6.44. The van der Waals surface area contributed by atoms with Crippen molar-refractivity contribution < 1.29 is 46.3 Å². The molecule has 49 heavy (non-hydrogen) atoms. The first-order valence-electron chi connectivity index (χ1n) is 16.2. The van der Waals surface area contributed by atoms with E-state index in [1.54, 1.807) is 54.5 Å². The quantitative estimate of drug-likeness (QED) is 0.183. The summed E-state index contributed by atoms with van der Waals surface area (Å²) in [5.74, 6) is 0.170. The van der Waals surface area contributed by atoms with Crippen LogP contribution in [0.15, 0.2) is 24.3 Å². The highest BCUT2D eigenvalue weighted by Crippen LogP contribution is 2.49. The second-order valence-electron chi connectivity index (χ2n) is 15.2. The van der Waals surface area contributed by atoms with Gasteiger partial charge in [0.1, 0.15) is 5.60 Å². The Labute approximate surface area is 291 Å². The monoisotopic (exact) mass is 729 g/mol. The number of carbonyl (C=O) groups excluding carboxylic acids is 2. The van der Waals surface area contributed by atoms with Crippen LogP contribution in [-0.2, 0) is 26.9 Å². The van der Waals surface area contributed by atoms with Gasteiger partial charge in [0, 0.05) is 17.5 Å². The number of alkyl halides is 3. The Bertz CT molecular complexity index is 1650. The van der Waals surface area contributed by atoms with E-state index in [0.29, 0.717) is 11.5 Å². The molecule has 1 amide bonds. The molecule has 270 valence electrons. The molecule has 3 aliphatic rings. The molecule has 1 aromatic carbocycles. The molecule has 2 aromatic rings. The Morgan fingerprint density at radius 3 is 2.16 bits per heavy atom. The van der Waals surface area contributed by atoms with Gasteiger partial charge in [-0.2, -0.15) is 13.2 Å². The van der Waals surface area contributed by atoms with E-state index in [9.17, 15) is 32.1 Å². The van der Waals surface area contributed by atoms with E-state index in [-0.39, 0.29) is 35.6 Å². The summed E-state index contributed by atoms with van der Waals surface area (Å²) >= 11 is 6.54. The Hall–Kier alpha value is -2.94. The second kappa shape index (κ2) is 13.0. The van der Waals surface area contributed by atoms with Crippen molar-refractivity contribution in [3.8, 4) is 11.5 Å². The number of rotatable bonds is 11. The summed E-state index contributed by atoms with van der Waals surface area (Å²) < 4.78 is 77.3. The third kappa shape index (κ3) is 8.34. The van der Waals surface area contributed by atoms with Crippen molar-refractivity contribution in [2.75, 3.05) is 11.4 Å². The summed E-state index contributed by atoms with van der Waals surface area (Å²) in [4.78, 5) is 31.7. The van der Waals surface area contributed by atoms with E-state index in [1.807, 2.05) is 0 Å². The van der Waals surface area contributed by atoms with E-state index in [2.05, 4.69) is 9.71 Å². The average Bonchev–Trinajstić information content (AvgIpc) is 3.90. The maximum absolute atomic E-state index is 14.8. The van der Waals surface area contributed by atoms with Gasteiger partial charge in [0.15, 0.2) is 22.4 Å². The minimum Gasteiger partial charge on any atom is -0.487 e. The van der Waals surface area contributed by atoms with Gasteiger partial charge in [0.05, 0.1) is 51.4 Å². The van der Waals surface area contributed by atoms with Gasteiger partial charge in [0.2, 0.25) is 5.60 Å². The number of ether oxygens (including phenoxy) is 3. The van der Waals surface area contributed by atoms with Crippen LogP contribution in [0.25, 0.3) is 0 Å². The zero-order valence-electron chi connectivity index (χ0n) is 28.6. The Morgan fingerprint density at radius 1 is 1.04 bits per heavy atom. The van der Waals surface area contributed by atoms with Crippen LogP contribution in [0, 0.1) is 0 Å². The maximum atomic E-state index is 14.8. The van der Waals surface area contributed by atoms with Gasteiger partial charge in [-0.1, -0.05) is 11.6 Å². The van der Waals surface area contributed by atoms with Crippen LogP contribution in [0.1, 0.15) is 109 Å². The number of aromatic nitrogens is 1. The number of hydrogen-bond acceptors (Lipinski definition) is 8. The molecule has 0 saturated heterocycles. The summed E-state index contributed by atoms with van der Waals surface area (Å²) in [6.07, 6.45) is -4.34. The zero-order chi connectivity index (χ0) is 36.3. The number of halogens is 4. The van der Waals surface area contributed by atoms with Gasteiger partial charge < -0.3 is 19.3 Å². The molecule has 10 nitrogen and oxygen atoms in total. The third-order valence-electron chi connectivity index (χ3n) is 8.29. The van der Waals surface area contributed by atoms with Crippen LogP contribution >= 0.6 is 11.6 Å². The van der Waals surface area contributed by atoms with E-state index in [0.717, 1.165) is 36.6 Å². The highest BCUT2D eigenvalue weighted by molar-refractivity contribution is 7.84. The summed E-state index contributed by atoms with van der Waals surface area (Å²) in [6.45, 7) is 11.4. The normalized spacial score (nSPS) is 21.5. The molecule has 0 bridgehead atoms. The van der Waals surface area contributed by atoms with Crippen LogP contribution in [0.4, 0.5) is 23.7 Å². The SMILES string of the molecule is CC(C)(C)OC(=O)N1C[C@@](C)(NS(=O)C(C)(C)C)c2cc([C@](O)(CCC(=O)c3ccc(OC4CC4)c(OC4CC4)c3)C(F)(F)F)nc(Cl)c21. The highest BCUT2D eigenvalue weighted by Gasteiger charge is 2.57. The van der Waals surface area contributed by atoms with Crippen LogP contribution in [-0.4, -0.2) is 61.5 Å². The first-order valence-corrected chi connectivity index (χ1v) is 17.7. The second-order valence-corrected chi connectivity index (χ2v) is 17.5. The van der Waals surface area contributed by atoms with E-state index < -0.39 is 74.2 Å². The molecule has 1 aromatic heterocycles. The number of fused-ring (bicyclic) bond motifs is 1. The molecule has 15 heteroatoms. The lowest BCUT2D eigenvalue weighted by molar-refractivity contribution is -0.270. The fraction of sp³-hybridized carbons (Fsp3) is 0.618. The lowest BCUT2D eigenvalue weighted by Gasteiger charge is -2.32. The zero-order valence-corrected chi connectivity index (χ0v) is 30.2. The maximum Gasteiger partial charge on any atom is 0.422 e. The molecular weight excluding hydrogens is 687 g/mol. The number of nitrogens with zero attached hydrogens (tertiary/aromatic N) is 2. The minimum absolute atomic E-state index is 0.00917. The summed E-state index contributed by atoms with van der Waals surface area (Å²) in [7, 11) is -1.75. The largest absolute Gasteiger partial charge is 0.487 e. The number of aliphatic hydroxyl groups is 1. The molecule has 2 aliphatic carbocycles. The number of carbonyl (C=O) groups is 2. The van der Waals surface area contributed by atoms with Crippen LogP contribution in [0.5, 0.6) is 11.5 Å². The first-order chi connectivity index (χ1) is 22.5. The fourth-order valence-electron chi connectivity index (χ4n) is 5.25. The van der Waals surface area contributed by atoms with Crippen molar-refractivity contribution in [2.24, 2.45) is 0 Å². The predicted octanol–water partition coefficient (Wildman–Crippen LogP) is 7.25. The summed E-state index contributed by atoms with van der Waals surface area (Å²) in [6, 6.07) is 5.51. The number of nitrogens with one attached hydrogen (secondary N) is 1. The number of ketones is 1. The molecule has 1 unspecified atom stereocenters. The van der Waals surface area contributed by atoms with Crippen molar-refractivity contribution in [1.82, 2.24) is 9.71 Å². The van der Waals surface area contributed by atoms with Gasteiger partial charge in [-0.05, 0) is 105 Å². The van der Waals surface area contributed by atoms with Crippen molar-refractivity contribution in [2.45, 2.75) is 127 Å². The van der Waals surface area contributed by atoms with E-state index in [4.69, 9.17) is 25.8 Å². The van der Waals surface area contributed by atoms with Gasteiger partial charge in [0.25, 0.3) is 0 Å². The van der Waals surface area contributed by atoms with Crippen molar-refractivity contribution >= 4 is 40.2 Å². The van der Waals surface area contributed by atoms with E-state index in [1.165, 1.54) is 12.1 Å². The lowest BCUT2D eigenvalue weighted by Crippen LogP contribution is -2.50. The highest BCUT2D eigenvalue weighted by atomic mass is 35.5. The topological polar surface area (TPSA) is 127 Å². The molecule has 2 heterocycles. The Balaban J connectivity index is 1.49. The molecule has 2 fully saturated rings. The molecule has 0 radical (unpaired) electrons. The van der Waals surface area contributed by atoms with Gasteiger partial charge in [-0.15, -0.1) is 0 Å². The van der Waals surface area contributed by atoms with E-state index >= 15 is 0 Å². The van der Waals surface area contributed by atoms with Crippen molar-refractivity contribution in [3.05, 3.63) is 46.2 Å². The first kappa shape index (κ1) is 37.3. The third-order valence-corrected chi connectivity index (χ3v) is 10.3. The summed E-state index contributed by atoms with van der Waals surface area (Å²) in [5.41, 5.74) is -6.70. The molecule has 2 N–H and O–H groups in total.